The molecule has 2 aliphatic heterocycles. The second kappa shape index (κ2) is 6.17. The molecule has 2 saturated heterocycles. The third-order valence-corrected chi connectivity index (χ3v) is 4.49. The van der Waals surface area contributed by atoms with E-state index in [0.29, 0.717) is 0 Å². The van der Waals surface area contributed by atoms with Crippen molar-refractivity contribution in [3.05, 3.63) is 0 Å². The van der Waals surface area contributed by atoms with Crippen LogP contribution in [0.5, 0.6) is 0 Å². The first-order chi connectivity index (χ1) is 8.19. The molecule has 0 aromatic rings. The summed E-state index contributed by atoms with van der Waals surface area (Å²) in [5.74, 6) is 0.915. The Morgan fingerprint density at radius 1 is 1.24 bits per heavy atom. The van der Waals surface area contributed by atoms with Crippen LogP contribution in [0.15, 0.2) is 0 Å². The van der Waals surface area contributed by atoms with Crippen LogP contribution in [0.25, 0.3) is 0 Å². The number of nitrogens with one attached hydrogen (secondary N) is 1. The van der Waals surface area contributed by atoms with Crippen LogP contribution in [0.1, 0.15) is 33.1 Å². The number of hydrogen-bond donors (Lipinski definition) is 1. The molecule has 2 heterocycles. The average molecular weight is 239 g/mol. The molecule has 0 amide bonds. The van der Waals surface area contributed by atoms with Gasteiger partial charge in [-0.1, -0.05) is 6.92 Å². The molecule has 2 fully saturated rings. The largest absolute Gasteiger partial charge is 0.314 e. The highest BCUT2D eigenvalue weighted by Crippen LogP contribution is 2.22. The molecule has 0 bridgehead atoms. The predicted octanol–water partition coefficient (Wildman–Crippen LogP) is 1.40. The fourth-order valence-electron chi connectivity index (χ4n) is 3.47. The lowest BCUT2D eigenvalue weighted by Gasteiger charge is -2.39. The van der Waals surface area contributed by atoms with Gasteiger partial charge in [-0.15, -0.1) is 0 Å². The molecule has 0 aromatic heterocycles. The van der Waals surface area contributed by atoms with Crippen molar-refractivity contribution in [3.63, 3.8) is 0 Å². The molecule has 3 heteroatoms. The number of rotatable bonds is 4. The van der Waals surface area contributed by atoms with Gasteiger partial charge >= 0.3 is 0 Å². The summed E-state index contributed by atoms with van der Waals surface area (Å²) in [7, 11) is 2.25. The van der Waals surface area contributed by atoms with Crippen LogP contribution in [0.4, 0.5) is 0 Å². The molecule has 0 saturated carbocycles. The van der Waals surface area contributed by atoms with Crippen molar-refractivity contribution < 1.29 is 0 Å². The Morgan fingerprint density at radius 2 is 2.06 bits per heavy atom. The molecule has 2 rings (SSSR count). The monoisotopic (exact) mass is 239 g/mol. The van der Waals surface area contributed by atoms with Crippen molar-refractivity contribution in [1.82, 2.24) is 15.1 Å². The van der Waals surface area contributed by atoms with Crippen molar-refractivity contribution in [2.45, 2.75) is 45.2 Å². The smallest absolute Gasteiger partial charge is 0.00939 e. The van der Waals surface area contributed by atoms with Gasteiger partial charge in [0.15, 0.2) is 0 Å². The van der Waals surface area contributed by atoms with E-state index in [4.69, 9.17) is 0 Å². The lowest BCUT2D eigenvalue weighted by atomic mass is 9.96. The third-order valence-electron chi connectivity index (χ3n) is 4.49. The third kappa shape index (κ3) is 3.67. The Morgan fingerprint density at radius 3 is 2.65 bits per heavy atom. The van der Waals surface area contributed by atoms with Crippen LogP contribution < -0.4 is 5.32 Å². The zero-order valence-corrected chi connectivity index (χ0v) is 11.8. The summed E-state index contributed by atoms with van der Waals surface area (Å²) < 4.78 is 0. The van der Waals surface area contributed by atoms with E-state index in [1.807, 2.05) is 0 Å². The summed E-state index contributed by atoms with van der Waals surface area (Å²) in [6.07, 6.45) is 4.06. The van der Waals surface area contributed by atoms with Crippen LogP contribution in [-0.2, 0) is 0 Å². The van der Waals surface area contributed by atoms with Gasteiger partial charge in [0.25, 0.3) is 0 Å². The first kappa shape index (κ1) is 13.3. The minimum atomic E-state index is 0.762. The molecule has 3 atom stereocenters. The molecule has 1 N–H and O–H groups in total. The second-order valence-corrected chi connectivity index (χ2v) is 6.04. The van der Waals surface area contributed by atoms with Crippen LogP contribution in [0.2, 0.25) is 0 Å². The van der Waals surface area contributed by atoms with Gasteiger partial charge in [-0.05, 0) is 58.8 Å². The van der Waals surface area contributed by atoms with E-state index in [2.05, 4.69) is 36.0 Å². The summed E-state index contributed by atoms with van der Waals surface area (Å²) in [6, 6.07) is 1.52. The Balaban J connectivity index is 1.75. The van der Waals surface area contributed by atoms with Crippen LogP contribution in [0, 0.1) is 5.92 Å². The van der Waals surface area contributed by atoms with Crippen molar-refractivity contribution in [1.29, 1.82) is 0 Å². The Kier molecular flexibility index (Phi) is 4.83. The highest BCUT2D eigenvalue weighted by molar-refractivity contribution is 4.85. The maximum Gasteiger partial charge on any atom is 0.00939 e. The van der Waals surface area contributed by atoms with E-state index in [1.165, 1.54) is 45.4 Å². The quantitative estimate of drug-likeness (QED) is 0.800. The first-order valence-electron chi connectivity index (χ1n) is 7.35. The van der Waals surface area contributed by atoms with Crippen molar-refractivity contribution in [2.75, 3.05) is 39.8 Å². The van der Waals surface area contributed by atoms with Crippen molar-refractivity contribution >= 4 is 0 Å². The summed E-state index contributed by atoms with van der Waals surface area (Å²) in [6.45, 7) is 11.0. The summed E-state index contributed by atoms with van der Waals surface area (Å²) in [4.78, 5) is 5.19. The van der Waals surface area contributed by atoms with Gasteiger partial charge in [-0.25, -0.2) is 0 Å². The SMILES string of the molecule is CCNC1CCN(CC2CCN(C)C2)C(C)C1. The highest BCUT2D eigenvalue weighted by atomic mass is 15.2. The first-order valence-corrected chi connectivity index (χ1v) is 7.35. The molecule has 0 aliphatic carbocycles. The zero-order chi connectivity index (χ0) is 12.3. The summed E-state index contributed by atoms with van der Waals surface area (Å²) >= 11 is 0. The normalized spacial score (nSPS) is 36.5. The van der Waals surface area contributed by atoms with Gasteiger partial charge in [0.2, 0.25) is 0 Å². The number of likely N-dealkylation sites (tertiary alicyclic amines) is 2. The van der Waals surface area contributed by atoms with Gasteiger partial charge in [0.1, 0.15) is 0 Å². The van der Waals surface area contributed by atoms with E-state index in [1.54, 1.807) is 0 Å². The molecule has 100 valence electrons. The topological polar surface area (TPSA) is 18.5 Å². The van der Waals surface area contributed by atoms with Gasteiger partial charge in [0, 0.05) is 25.2 Å². The van der Waals surface area contributed by atoms with Gasteiger partial charge in [-0.3, -0.25) is 0 Å². The van der Waals surface area contributed by atoms with Gasteiger partial charge in [0.05, 0.1) is 0 Å². The maximum absolute atomic E-state index is 3.60. The number of nitrogens with zero attached hydrogens (tertiary/aromatic N) is 2. The lowest BCUT2D eigenvalue weighted by molar-refractivity contribution is 0.117. The molecule has 0 radical (unpaired) electrons. The molecule has 17 heavy (non-hydrogen) atoms. The van der Waals surface area contributed by atoms with Crippen LogP contribution in [0.3, 0.4) is 0 Å². The summed E-state index contributed by atoms with van der Waals surface area (Å²) in [5.41, 5.74) is 0. The number of piperidine rings is 1. The average Bonchev–Trinajstić information content (AvgIpc) is 2.69. The van der Waals surface area contributed by atoms with Gasteiger partial charge in [-0.2, -0.15) is 0 Å². The Bertz CT molecular complexity index is 232. The Labute approximate surface area is 107 Å². The maximum atomic E-state index is 3.60. The van der Waals surface area contributed by atoms with Gasteiger partial charge < -0.3 is 15.1 Å². The van der Waals surface area contributed by atoms with E-state index >= 15 is 0 Å². The zero-order valence-electron chi connectivity index (χ0n) is 11.8. The summed E-state index contributed by atoms with van der Waals surface area (Å²) in [5, 5.41) is 3.60. The lowest BCUT2D eigenvalue weighted by Crippen LogP contribution is -2.48. The van der Waals surface area contributed by atoms with E-state index in [0.717, 1.165) is 24.5 Å². The fourth-order valence-corrected chi connectivity index (χ4v) is 3.47. The van der Waals surface area contributed by atoms with Crippen LogP contribution >= 0.6 is 0 Å². The van der Waals surface area contributed by atoms with Crippen molar-refractivity contribution in [2.24, 2.45) is 5.92 Å². The standard InChI is InChI=1S/C14H29N3/c1-4-15-14-6-8-17(12(2)9-14)11-13-5-7-16(3)10-13/h12-15H,4-11H2,1-3H3. The molecule has 0 aromatic carbocycles. The minimum absolute atomic E-state index is 0.762. The Hall–Kier alpha value is -0.120. The second-order valence-electron chi connectivity index (χ2n) is 6.04. The molecule has 3 nitrogen and oxygen atoms in total. The van der Waals surface area contributed by atoms with E-state index < -0.39 is 0 Å². The molecule has 3 unspecified atom stereocenters. The molecular formula is C14H29N3. The molecular weight excluding hydrogens is 210 g/mol. The minimum Gasteiger partial charge on any atom is -0.314 e. The van der Waals surface area contributed by atoms with E-state index in [9.17, 15) is 0 Å². The highest BCUT2D eigenvalue weighted by Gasteiger charge is 2.28. The van der Waals surface area contributed by atoms with E-state index in [-0.39, 0.29) is 0 Å². The molecule has 2 aliphatic rings. The molecule has 0 spiro atoms. The van der Waals surface area contributed by atoms with Crippen LogP contribution in [-0.4, -0.2) is 61.7 Å². The van der Waals surface area contributed by atoms with Crippen molar-refractivity contribution in [3.8, 4) is 0 Å². The predicted molar refractivity (Wildman–Crippen MR) is 73.3 cm³/mol. The number of hydrogen-bond acceptors (Lipinski definition) is 3. The fraction of sp³-hybridized carbons (Fsp3) is 1.00.